The average molecular weight is 275 g/mol. The molecule has 3 aromatic rings. The second-order valence-corrected chi connectivity index (χ2v) is 5.37. The maximum absolute atomic E-state index is 13.3. The molecule has 0 bridgehead atoms. The summed E-state index contributed by atoms with van der Waals surface area (Å²) < 4.78 is 15.4. The van der Waals surface area contributed by atoms with Crippen LogP contribution in [0.25, 0.3) is 22.4 Å². The Morgan fingerprint density at radius 1 is 1.37 bits per heavy atom. The Morgan fingerprint density at radius 2 is 2.21 bits per heavy atom. The molecule has 0 saturated heterocycles. The number of anilines is 1. The molecule has 0 radical (unpaired) electrons. The Labute approximate surface area is 114 Å². The van der Waals surface area contributed by atoms with Gasteiger partial charge in [0.2, 0.25) is 0 Å². The van der Waals surface area contributed by atoms with Crippen LogP contribution in [0.2, 0.25) is 0 Å². The molecule has 0 aliphatic heterocycles. The highest BCUT2D eigenvalue weighted by Gasteiger charge is 2.15. The van der Waals surface area contributed by atoms with Crippen molar-refractivity contribution >= 4 is 27.4 Å². The third-order valence-corrected chi connectivity index (χ3v) is 3.84. The molecule has 0 amide bonds. The Balaban J connectivity index is 2.28. The van der Waals surface area contributed by atoms with Gasteiger partial charge in [0.05, 0.1) is 21.6 Å². The third kappa shape index (κ3) is 2.00. The van der Waals surface area contributed by atoms with Crippen molar-refractivity contribution in [1.29, 1.82) is 0 Å². The zero-order valence-electron chi connectivity index (χ0n) is 10.6. The summed E-state index contributed by atoms with van der Waals surface area (Å²) in [7, 11) is 0. The number of hydrogen-bond donors (Lipinski definition) is 1. The SMILES string of the molecule is CCCn1c(-c2ccsc2N)nc2cc(F)ccc21. The average Bonchev–Trinajstić information content (AvgIpc) is 2.94. The quantitative estimate of drug-likeness (QED) is 0.788. The van der Waals surface area contributed by atoms with Gasteiger partial charge in [0.15, 0.2) is 0 Å². The minimum atomic E-state index is -0.265. The number of nitrogens with zero attached hydrogens (tertiary/aromatic N) is 2. The van der Waals surface area contributed by atoms with Gasteiger partial charge in [0.25, 0.3) is 0 Å². The van der Waals surface area contributed by atoms with Crippen molar-refractivity contribution in [3.8, 4) is 11.4 Å². The van der Waals surface area contributed by atoms with Gasteiger partial charge < -0.3 is 10.3 Å². The summed E-state index contributed by atoms with van der Waals surface area (Å²) in [4.78, 5) is 4.55. The summed E-state index contributed by atoms with van der Waals surface area (Å²) in [6.45, 7) is 2.95. The fourth-order valence-electron chi connectivity index (χ4n) is 2.26. The Hall–Kier alpha value is -1.88. The zero-order chi connectivity index (χ0) is 13.4. The molecule has 3 nitrogen and oxygen atoms in total. The molecule has 0 saturated carbocycles. The van der Waals surface area contributed by atoms with Crippen LogP contribution in [0.3, 0.4) is 0 Å². The summed E-state index contributed by atoms with van der Waals surface area (Å²) in [5.74, 6) is 0.555. The molecule has 2 heterocycles. The van der Waals surface area contributed by atoms with Crippen LogP contribution in [0.5, 0.6) is 0 Å². The topological polar surface area (TPSA) is 43.8 Å². The number of nitrogens with two attached hydrogens (primary N) is 1. The zero-order valence-corrected chi connectivity index (χ0v) is 11.4. The first kappa shape index (κ1) is 12.2. The van der Waals surface area contributed by atoms with Crippen LogP contribution in [-0.2, 0) is 6.54 Å². The van der Waals surface area contributed by atoms with E-state index < -0.39 is 0 Å². The van der Waals surface area contributed by atoms with E-state index in [4.69, 9.17) is 5.73 Å². The van der Waals surface area contributed by atoms with E-state index in [0.717, 1.165) is 34.9 Å². The number of nitrogen functional groups attached to an aromatic ring is 1. The Kier molecular flexibility index (Phi) is 2.98. The number of benzene rings is 1. The predicted molar refractivity (Wildman–Crippen MR) is 77.7 cm³/mol. The van der Waals surface area contributed by atoms with E-state index in [0.29, 0.717) is 5.52 Å². The van der Waals surface area contributed by atoms with Crippen LogP contribution in [-0.4, -0.2) is 9.55 Å². The van der Waals surface area contributed by atoms with Crippen molar-refractivity contribution in [1.82, 2.24) is 9.55 Å². The van der Waals surface area contributed by atoms with E-state index in [9.17, 15) is 4.39 Å². The molecule has 0 atom stereocenters. The molecule has 5 heteroatoms. The number of thiophene rings is 1. The minimum Gasteiger partial charge on any atom is -0.390 e. The van der Waals surface area contributed by atoms with Crippen molar-refractivity contribution in [2.24, 2.45) is 0 Å². The lowest BCUT2D eigenvalue weighted by Gasteiger charge is -2.07. The summed E-state index contributed by atoms with van der Waals surface area (Å²) in [5, 5.41) is 2.69. The summed E-state index contributed by atoms with van der Waals surface area (Å²) in [6, 6.07) is 6.67. The number of aryl methyl sites for hydroxylation is 1. The lowest BCUT2D eigenvalue weighted by Crippen LogP contribution is -2.00. The number of fused-ring (bicyclic) bond motifs is 1. The van der Waals surface area contributed by atoms with Crippen molar-refractivity contribution in [3.63, 3.8) is 0 Å². The number of rotatable bonds is 3. The van der Waals surface area contributed by atoms with Gasteiger partial charge in [0, 0.05) is 12.6 Å². The summed E-state index contributed by atoms with van der Waals surface area (Å²) >= 11 is 1.49. The molecule has 98 valence electrons. The van der Waals surface area contributed by atoms with Crippen molar-refractivity contribution < 1.29 is 4.39 Å². The molecule has 2 N–H and O–H groups in total. The normalized spacial score (nSPS) is 11.3. The molecule has 0 unspecified atom stereocenters. The van der Waals surface area contributed by atoms with Crippen LogP contribution in [0.15, 0.2) is 29.6 Å². The van der Waals surface area contributed by atoms with Crippen molar-refractivity contribution in [2.45, 2.75) is 19.9 Å². The number of imidazole rings is 1. The first-order valence-corrected chi connectivity index (χ1v) is 7.07. The highest BCUT2D eigenvalue weighted by molar-refractivity contribution is 7.14. The molecule has 3 rings (SSSR count). The Morgan fingerprint density at radius 3 is 2.89 bits per heavy atom. The standard InChI is InChI=1S/C14H14FN3S/c1-2-6-18-12-4-3-9(15)8-11(12)17-14(18)10-5-7-19-13(10)16/h3-5,7-8H,2,6,16H2,1H3. The van der Waals surface area contributed by atoms with E-state index in [1.807, 2.05) is 11.4 Å². The smallest absolute Gasteiger partial charge is 0.144 e. The Bertz CT molecular complexity index is 729. The van der Waals surface area contributed by atoms with E-state index in [-0.39, 0.29) is 5.82 Å². The minimum absolute atomic E-state index is 0.265. The maximum Gasteiger partial charge on any atom is 0.144 e. The van der Waals surface area contributed by atoms with Gasteiger partial charge in [-0.15, -0.1) is 11.3 Å². The number of aromatic nitrogens is 2. The van der Waals surface area contributed by atoms with Crippen LogP contribution < -0.4 is 5.73 Å². The molecule has 0 spiro atoms. The molecule has 1 aromatic carbocycles. The van der Waals surface area contributed by atoms with E-state index in [1.54, 1.807) is 6.07 Å². The maximum atomic E-state index is 13.3. The van der Waals surface area contributed by atoms with Crippen LogP contribution in [0, 0.1) is 5.82 Å². The number of halogens is 1. The van der Waals surface area contributed by atoms with Gasteiger partial charge in [-0.2, -0.15) is 0 Å². The monoisotopic (exact) mass is 275 g/mol. The lowest BCUT2D eigenvalue weighted by molar-refractivity contribution is 0.629. The fourth-order valence-corrected chi connectivity index (χ4v) is 2.90. The van der Waals surface area contributed by atoms with Gasteiger partial charge in [-0.3, -0.25) is 0 Å². The van der Waals surface area contributed by atoms with Gasteiger partial charge in [0.1, 0.15) is 11.6 Å². The predicted octanol–water partition coefficient (Wildman–Crippen LogP) is 3.90. The molecule has 0 fully saturated rings. The molecular formula is C14H14FN3S. The van der Waals surface area contributed by atoms with E-state index in [1.165, 1.54) is 23.5 Å². The van der Waals surface area contributed by atoms with Gasteiger partial charge in [-0.1, -0.05) is 6.92 Å². The highest BCUT2D eigenvalue weighted by Crippen LogP contribution is 2.32. The van der Waals surface area contributed by atoms with Gasteiger partial charge in [-0.05, 0) is 30.0 Å². The fraction of sp³-hybridized carbons (Fsp3) is 0.214. The van der Waals surface area contributed by atoms with E-state index in [2.05, 4.69) is 16.5 Å². The highest BCUT2D eigenvalue weighted by atomic mass is 32.1. The molecule has 19 heavy (non-hydrogen) atoms. The summed E-state index contributed by atoms with van der Waals surface area (Å²) in [5.41, 5.74) is 8.53. The van der Waals surface area contributed by atoms with Crippen LogP contribution in [0.1, 0.15) is 13.3 Å². The molecule has 0 aliphatic carbocycles. The summed E-state index contributed by atoms with van der Waals surface area (Å²) in [6.07, 6.45) is 0.986. The molecular weight excluding hydrogens is 261 g/mol. The van der Waals surface area contributed by atoms with Gasteiger partial charge in [-0.25, -0.2) is 9.37 Å². The van der Waals surface area contributed by atoms with Crippen molar-refractivity contribution in [3.05, 3.63) is 35.5 Å². The van der Waals surface area contributed by atoms with Gasteiger partial charge >= 0.3 is 0 Å². The first-order valence-electron chi connectivity index (χ1n) is 6.20. The van der Waals surface area contributed by atoms with Crippen LogP contribution >= 0.6 is 11.3 Å². The largest absolute Gasteiger partial charge is 0.390 e. The van der Waals surface area contributed by atoms with E-state index >= 15 is 0 Å². The second kappa shape index (κ2) is 4.66. The number of hydrogen-bond acceptors (Lipinski definition) is 3. The second-order valence-electron chi connectivity index (χ2n) is 4.42. The third-order valence-electron chi connectivity index (χ3n) is 3.09. The first-order chi connectivity index (χ1) is 9.20. The molecule has 0 aliphatic rings. The molecule has 2 aromatic heterocycles. The van der Waals surface area contributed by atoms with Crippen LogP contribution in [0.4, 0.5) is 9.39 Å². The lowest BCUT2D eigenvalue weighted by atomic mass is 10.3. The van der Waals surface area contributed by atoms with Crippen molar-refractivity contribution in [2.75, 3.05) is 5.73 Å².